The second-order valence-corrected chi connectivity index (χ2v) is 8.42. The van der Waals surface area contributed by atoms with Crippen LogP contribution in [-0.2, 0) is 0 Å². The van der Waals surface area contributed by atoms with Crippen molar-refractivity contribution in [2.45, 2.75) is 25.8 Å². The Labute approximate surface area is 183 Å². The lowest BCUT2D eigenvalue weighted by atomic mass is 10.0. The number of piperidine rings is 1. The van der Waals surface area contributed by atoms with Crippen molar-refractivity contribution < 1.29 is 14.6 Å². The van der Waals surface area contributed by atoms with Gasteiger partial charge in [0.05, 0.1) is 7.11 Å². The summed E-state index contributed by atoms with van der Waals surface area (Å²) in [6.07, 6.45) is 0.814. The molecule has 1 atom stereocenters. The number of fused-ring (bicyclic) bond motifs is 1. The van der Waals surface area contributed by atoms with E-state index in [0.29, 0.717) is 18.9 Å². The average Bonchev–Trinajstić information content (AvgIpc) is 2.74. The quantitative estimate of drug-likeness (QED) is 0.561. The number of likely N-dealkylation sites (tertiary alicyclic amines) is 1. The molecule has 1 saturated heterocycles. The highest BCUT2D eigenvalue weighted by Gasteiger charge is 2.24. The third kappa shape index (κ3) is 4.05. The van der Waals surface area contributed by atoms with Crippen LogP contribution in [0.2, 0.25) is 0 Å². The van der Waals surface area contributed by atoms with Gasteiger partial charge in [0.1, 0.15) is 11.4 Å². The fourth-order valence-corrected chi connectivity index (χ4v) is 4.25. The first kappa shape index (κ1) is 20.4. The largest absolute Gasteiger partial charge is 0.496 e. The van der Waals surface area contributed by atoms with E-state index in [0.717, 1.165) is 50.7 Å². The van der Waals surface area contributed by atoms with E-state index in [9.17, 15) is 9.90 Å². The van der Waals surface area contributed by atoms with Gasteiger partial charge in [0.15, 0.2) is 5.82 Å². The van der Waals surface area contributed by atoms with Gasteiger partial charge in [-0.25, -0.2) is 4.79 Å². The van der Waals surface area contributed by atoms with E-state index < -0.39 is 6.09 Å². The zero-order valence-corrected chi connectivity index (χ0v) is 18.4. The minimum absolute atomic E-state index is 0.00825. The van der Waals surface area contributed by atoms with Crippen LogP contribution in [0.3, 0.4) is 0 Å². The highest BCUT2D eigenvalue weighted by atomic mass is 79.9. The summed E-state index contributed by atoms with van der Waals surface area (Å²) in [4.78, 5) is 12.8. The molecule has 0 radical (unpaired) electrons. The number of aromatic nitrogens is 2. The molecule has 0 saturated carbocycles. The van der Waals surface area contributed by atoms with Crippen LogP contribution in [0.15, 0.2) is 40.9 Å². The number of nitrogens with one attached hydrogen (secondary N) is 1. The molecule has 156 valence electrons. The fourth-order valence-electron chi connectivity index (χ4n) is 3.89. The zero-order valence-electron chi connectivity index (χ0n) is 16.9. The number of ether oxygens (including phenoxy) is 1. The van der Waals surface area contributed by atoms with Gasteiger partial charge >= 0.3 is 6.09 Å². The molecule has 0 bridgehead atoms. The first-order valence-corrected chi connectivity index (χ1v) is 10.6. The minimum Gasteiger partial charge on any atom is -0.496 e. The summed E-state index contributed by atoms with van der Waals surface area (Å²) in [6, 6.07) is 12.0. The van der Waals surface area contributed by atoms with E-state index in [4.69, 9.17) is 4.74 Å². The molecule has 7 nitrogen and oxygen atoms in total. The van der Waals surface area contributed by atoms with E-state index in [-0.39, 0.29) is 6.04 Å². The predicted molar refractivity (Wildman–Crippen MR) is 120 cm³/mol. The molecule has 1 aliphatic heterocycles. The first-order valence-electron chi connectivity index (χ1n) is 9.81. The number of rotatable bonds is 4. The number of hydrogen-bond donors (Lipinski definition) is 2. The summed E-state index contributed by atoms with van der Waals surface area (Å²) in [5.41, 5.74) is 2.73. The van der Waals surface area contributed by atoms with Gasteiger partial charge in [0.25, 0.3) is 0 Å². The molecule has 0 spiro atoms. The summed E-state index contributed by atoms with van der Waals surface area (Å²) >= 11 is 3.55. The average molecular weight is 471 g/mol. The second kappa shape index (κ2) is 8.47. The molecule has 2 N–H and O–H groups in total. The highest BCUT2D eigenvalue weighted by Crippen LogP contribution is 2.37. The van der Waals surface area contributed by atoms with Gasteiger partial charge in [-0.05, 0) is 49.6 Å². The number of amides is 1. The number of nitrogens with zero attached hydrogens (tertiary/aromatic N) is 3. The van der Waals surface area contributed by atoms with Crippen LogP contribution in [0.1, 0.15) is 18.4 Å². The third-order valence-corrected chi connectivity index (χ3v) is 5.88. The Balaban J connectivity index is 1.76. The minimum atomic E-state index is -0.887. The number of carboxylic acid groups (broad SMARTS) is 1. The summed E-state index contributed by atoms with van der Waals surface area (Å²) in [5, 5.41) is 23.6. The van der Waals surface area contributed by atoms with E-state index in [2.05, 4.69) is 31.4 Å². The van der Waals surface area contributed by atoms with Gasteiger partial charge in [-0.3, -0.25) is 0 Å². The van der Waals surface area contributed by atoms with Gasteiger partial charge in [-0.2, -0.15) is 0 Å². The molecule has 1 aliphatic rings. The smallest absolute Gasteiger partial charge is 0.407 e. The van der Waals surface area contributed by atoms with Crippen molar-refractivity contribution in [1.29, 1.82) is 0 Å². The maximum absolute atomic E-state index is 11.3. The van der Waals surface area contributed by atoms with Crippen LogP contribution in [-0.4, -0.2) is 52.5 Å². The number of halogens is 1. The lowest BCUT2D eigenvalue weighted by Gasteiger charge is -2.31. The standard InChI is InChI=1S/C22H23BrN4O3/c1-13-5-7-17(19(10-13)30-2)20-16-8-6-14(23)11-18(16)21(26-25-20)24-15-4-3-9-27(12-15)22(28)29/h5-8,10-11,15H,3-4,9,12H2,1-2H3,(H,24,26)(H,28,29). The molecular formula is C22H23BrN4O3. The van der Waals surface area contributed by atoms with Crippen LogP contribution in [0.4, 0.5) is 10.6 Å². The van der Waals surface area contributed by atoms with Crippen LogP contribution in [0.25, 0.3) is 22.0 Å². The van der Waals surface area contributed by atoms with Crippen LogP contribution in [0, 0.1) is 6.92 Å². The van der Waals surface area contributed by atoms with Crippen LogP contribution in [0.5, 0.6) is 5.75 Å². The molecule has 30 heavy (non-hydrogen) atoms. The number of methoxy groups -OCH3 is 1. The number of carbonyl (C=O) groups is 1. The molecular weight excluding hydrogens is 448 g/mol. The van der Waals surface area contributed by atoms with Gasteiger partial charge in [-0.1, -0.05) is 28.1 Å². The highest BCUT2D eigenvalue weighted by molar-refractivity contribution is 9.10. The number of aryl methyl sites for hydroxylation is 1. The monoisotopic (exact) mass is 470 g/mol. The second-order valence-electron chi connectivity index (χ2n) is 7.50. The molecule has 2 aromatic carbocycles. The molecule has 2 heterocycles. The molecule has 1 aromatic heterocycles. The molecule has 1 fully saturated rings. The van der Waals surface area contributed by atoms with Crippen molar-refractivity contribution in [3.8, 4) is 17.0 Å². The molecule has 0 aliphatic carbocycles. The molecule has 4 rings (SSSR count). The number of anilines is 1. The van der Waals surface area contributed by atoms with E-state index in [1.165, 1.54) is 4.90 Å². The maximum atomic E-state index is 11.3. The Hall–Kier alpha value is -2.87. The van der Waals surface area contributed by atoms with Crippen LogP contribution >= 0.6 is 15.9 Å². The summed E-state index contributed by atoms with van der Waals surface area (Å²) in [7, 11) is 1.65. The fraction of sp³-hybridized carbons (Fsp3) is 0.318. The first-order chi connectivity index (χ1) is 14.5. The van der Waals surface area contributed by atoms with Crippen molar-refractivity contribution in [2.75, 3.05) is 25.5 Å². The van der Waals surface area contributed by atoms with Gasteiger partial charge in [-0.15, -0.1) is 10.2 Å². The Bertz CT molecular complexity index is 1110. The molecule has 1 unspecified atom stereocenters. The maximum Gasteiger partial charge on any atom is 0.407 e. The Kier molecular flexibility index (Phi) is 5.76. The van der Waals surface area contributed by atoms with Gasteiger partial charge in [0.2, 0.25) is 0 Å². The summed E-state index contributed by atoms with van der Waals surface area (Å²) < 4.78 is 6.52. The number of hydrogen-bond acceptors (Lipinski definition) is 5. The van der Waals surface area contributed by atoms with Crippen molar-refractivity contribution in [3.63, 3.8) is 0 Å². The van der Waals surface area contributed by atoms with Crippen molar-refractivity contribution in [3.05, 3.63) is 46.4 Å². The lowest BCUT2D eigenvalue weighted by Crippen LogP contribution is -2.44. The molecule has 8 heteroatoms. The predicted octanol–water partition coefficient (Wildman–Crippen LogP) is 4.93. The molecule has 3 aromatic rings. The van der Waals surface area contributed by atoms with Crippen molar-refractivity contribution >= 4 is 38.6 Å². The van der Waals surface area contributed by atoms with E-state index in [1.807, 2.05) is 43.3 Å². The zero-order chi connectivity index (χ0) is 21.3. The van der Waals surface area contributed by atoms with E-state index in [1.54, 1.807) is 7.11 Å². The van der Waals surface area contributed by atoms with Gasteiger partial charge in [0, 0.05) is 39.9 Å². The van der Waals surface area contributed by atoms with Crippen molar-refractivity contribution in [2.24, 2.45) is 0 Å². The lowest BCUT2D eigenvalue weighted by molar-refractivity contribution is 0.133. The number of benzene rings is 2. The topological polar surface area (TPSA) is 87.6 Å². The van der Waals surface area contributed by atoms with Crippen molar-refractivity contribution in [1.82, 2.24) is 15.1 Å². The Morgan fingerprint density at radius 3 is 2.83 bits per heavy atom. The van der Waals surface area contributed by atoms with Crippen LogP contribution < -0.4 is 10.1 Å². The molecule has 1 amide bonds. The van der Waals surface area contributed by atoms with E-state index >= 15 is 0 Å². The Morgan fingerprint density at radius 1 is 1.23 bits per heavy atom. The summed E-state index contributed by atoms with van der Waals surface area (Å²) in [6.45, 7) is 3.02. The SMILES string of the molecule is COc1cc(C)ccc1-c1nnc(NC2CCCN(C(=O)O)C2)c2cc(Br)ccc12. The third-order valence-electron chi connectivity index (χ3n) is 5.39. The normalized spacial score (nSPS) is 16.5. The van der Waals surface area contributed by atoms with Gasteiger partial charge < -0.3 is 20.1 Å². The summed E-state index contributed by atoms with van der Waals surface area (Å²) in [5.74, 6) is 1.40. The Morgan fingerprint density at radius 2 is 2.07 bits per heavy atom.